The molecule has 0 aromatic rings. The molecular formula is CN2OS2. The molecule has 1 saturated heterocycles. The molecule has 1 rings (SSSR count). The quantitative estimate of drug-likeness (QED) is 0.270. The minimum atomic E-state index is 0.359. The molecule has 0 unspecified atom stereocenters. The highest BCUT2D eigenvalue weighted by molar-refractivity contribution is 8.19. The monoisotopic (exact) mass is 120 g/mol. The van der Waals surface area contributed by atoms with E-state index in [1.54, 1.807) is 0 Å². The SMILES string of the molecule is [N-]=[N+]1OC(=S)S1. The van der Waals surface area contributed by atoms with Crippen LogP contribution in [0.25, 0.3) is 5.53 Å². The molecule has 1 aliphatic rings. The van der Waals surface area contributed by atoms with Gasteiger partial charge < -0.3 is 5.53 Å². The first-order valence-electron chi connectivity index (χ1n) is 1.18. The van der Waals surface area contributed by atoms with Gasteiger partial charge in [0, 0.05) is 0 Å². The Bertz CT molecular complexity index is 88.1. The van der Waals surface area contributed by atoms with Crippen molar-refractivity contribution in [1.29, 1.82) is 0 Å². The second kappa shape index (κ2) is 1.16. The molecule has 1 aliphatic heterocycles. The third-order valence-electron chi connectivity index (χ3n) is 0.305. The second-order valence-electron chi connectivity index (χ2n) is 0.670. The van der Waals surface area contributed by atoms with Gasteiger partial charge >= 0.3 is 4.38 Å². The Morgan fingerprint density at radius 2 is 2.50 bits per heavy atom. The summed E-state index contributed by atoms with van der Waals surface area (Å²) in [6.07, 6.45) is 0. The van der Waals surface area contributed by atoms with E-state index in [4.69, 9.17) is 5.53 Å². The van der Waals surface area contributed by atoms with E-state index in [2.05, 4.69) is 17.1 Å². The van der Waals surface area contributed by atoms with Crippen LogP contribution in [-0.2, 0) is 4.84 Å². The van der Waals surface area contributed by atoms with Crippen molar-refractivity contribution in [3.63, 3.8) is 0 Å². The normalized spacial score (nSPS) is 19.3. The van der Waals surface area contributed by atoms with Crippen molar-refractivity contribution in [2.75, 3.05) is 0 Å². The lowest BCUT2D eigenvalue weighted by atomic mass is 11.7. The van der Waals surface area contributed by atoms with Crippen LogP contribution in [0.4, 0.5) is 0 Å². The van der Waals surface area contributed by atoms with Gasteiger partial charge in [-0.25, -0.2) is 4.84 Å². The molecule has 3 nitrogen and oxygen atoms in total. The highest BCUT2D eigenvalue weighted by Gasteiger charge is 2.25. The summed E-state index contributed by atoms with van der Waals surface area (Å²) in [6.45, 7) is 0. The molecule has 0 aromatic carbocycles. The molecule has 0 radical (unpaired) electrons. The Morgan fingerprint density at radius 1 is 2.00 bits per heavy atom. The van der Waals surface area contributed by atoms with E-state index < -0.39 is 0 Å². The summed E-state index contributed by atoms with van der Waals surface area (Å²) < 4.78 is 0.958. The van der Waals surface area contributed by atoms with Gasteiger partial charge in [0.05, 0.1) is 0 Å². The van der Waals surface area contributed by atoms with Gasteiger partial charge in [0.15, 0.2) is 0 Å². The number of nitrogens with zero attached hydrogens (tertiary/aromatic N) is 2. The second-order valence-corrected chi connectivity index (χ2v) is 2.17. The van der Waals surface area contributed by atoms with Gasteiger partial charge in [-0.15, -0.1) is 0 Å². The fourth-order valence-corrected chi connectivity index (χ4v) is 0.686. The summed E-state index contributed by atoms with van der Waals surface area (Å²) >= 11 is 5.38. The maximum Gasteiger partial charge on any atom is 0.373 e. The predicted molar refractivity (Wildman–Crippen MR) is 24.9 cm³/mol. The molecular weight excluding hydrogens is 120 g/mol. The van der Waals surface area contributed by atoms with Crippen LogP contribution < -0.4 is 0 Å². The van der Waals surface area contributed by atoms with E-state index in [0.29, 0.717) is 8.65 Å². The maximum absolute atomic E-state index is 8.10. The third kappa shape index (κ3) is 0.504. The van der Waals surface area contributed by atoms with E-state index in [0.717, 1.165) is 11.9 Å². The summed E-state index contributed by atoms with van der Waals surface area (Å²) in [6, 6.07) is 0. The molecule has 0 amide bonds. The largest absolute Gasteiger partial charge is 0.433 e. The van der Waals surface area contributed by atoms with Crippen LogP contribution in [-0.4, -0.2) is 8.65 Å². The molecule has 0 saturated carbocycles. The first-order chi connectivity index (χ1) is 2.79. The number of rotatable bonds is 0. The summed E-state index contributed by atoms with van der Waals surface area (Å²) in [4.78, 5) is 4.22. The molecule has 0 spiro atoms. The molecule has 0 bridgehead atoms. The molecule has 1 fully saturated rings. The van der Waals surface area contributed by atoms with Crippen LogP contribution >= 0.6 is 24.2 Å². The standard InChI is InChI=1S/CN2OS2/c2-3-4-1(5)6-3. The lowest BCUT2D eigenvalue weighted by Crippen LogP contribution is -2.16. The van der Waals surface area contributed by atoms with E-state index in [1.165, 1.54) is 0 Å². The first kappa shape index (κ1) is 4.01. The van der Waals surface area contributed by atoms with Gasteiger partial charge in [0.2, 0.25) is 0 Å². The van der Waals surface area contributed by atoms with Gasteiger partial charge in [-0.1, -0.05) is 0 Å². The van der Waals surface area contributed by atoms with Crippen LogP contribution in [0.15, 0.2) is 0 Å². The number of hydrogen-bond acceptors (Lipinski definition) is 3. The zero-order chi connectivity index (χ0) is 4.57. The third-order valence-corrected chi connectivity index (χ3v) is 1.06. The van der Waals surface area contributed by atoms with E-state index in [-0.39, 0.29) is 0 Å². The van der Waals surface area contributed by atoms with Gasteiger partial charge in [-0.2, -0.15) is 0 Å². The molecule has 32 valence electrons. The highest BCUT2D eigenvalue weighted by Crippen LogP contribution is 2.18. The molecule has 0 aliphatic carbocycles. The van der Waals surface area contributed by atoms with Crippen molar-refractivity contribution in [1.82, 2.24) is 0 Å². The average molecular weight is 120 g/mol. The lowest BCUT2D eigenvalue weighted by Gasteiger charge is -2.05. The number of thiocarbonyl (C=S) groups is 1. The summed E-state index contributed by atoms with van der Waals surface area (Å²) in [5, 5.41) is 0. The fraction of sp³-hybridized carbons (Fsp3) is 0. The summed E-state index contributed by atoms with van der Waals surface area (Å²) in [5.74, 6) is 0. The fourth-order valence-electron chi connectivity index (χ4n) is 0.134. The van der Waals surface area contributed by atoms with Crippen LogP contribution in [0.2, 0.25) is 0 Å². The predicted octanol–water partition coefficient (Wildman–Crippen LogP) is 0.899. The van der Waals surface area contributed by atoms with Crippen molar-refractivity contribution in [2.45, 2.75) is 0 Å². The van der Waals surface area contributed by atoms with Crippen LogP contribution in [0, 0.1) is 0 Å². The van der Waals surface area contributed by atoms with Crippen LogP contribution in [0.5, 0.6) is 0 Å². The molecule has 0 atom stereocenters. The molecule has 0 N–H and O–H groups in total. The highest BCUT2D eigenvalue weighted by atomic mass is 32.2. The zero-order valence-corrected chi connectivity index (χ0v) is 4.25. The zero-order valence-electron chi connectivity index (χ0n) is 2.62. The van der Waals surface area contributed by atoms with E-state index >= 15 is 0 Å². The number of hydrogen-bond donors (Lipinski definition) is 0. The summed E-state index contributed by atoms with van der Waals surface area (Å²) in [5.41, 5.74) is 8.10. The van der Waals surface area contributed by atoms with E-state index in [9.17, 15) is 0 Å². The van der Waals surface area contributed by atoms with Crippen molar-refractivity contribution >= 4 is 28.5 Å². The minimum absolute atomic E-state index is 0.359. The van der Waals surface area contributed by atoms with Crippen molar-refractivity contribution in [2.24, 2.45) is 0 Å². The Kier molecular flexibility index (Phi) is 0.776. The topological polar surface area (TPSA) is 34.5 Å². The Labute approximate surface area is 43.9 Å². The Balaban J connectivity index is 2.47. The van der Waals surface area contributed by atoms with Crippen molar-refractivity contribution in [3.05, 3.63) is 5.53 Å². The smallest absolute Gasteiger partial charge is 0.373 e. The summed E-state index contributed by atoms with van der Waals surface area (Å²) in [7, 11) is 0. The maximum atomic E-state index is 8.10. The molecule has 6 heavy (non-hydrogen) atoms. The van der Waals surface area contributed by atoms with Crippen molar-refractivity contribution < 1.29 is 9.10 Å². The first-order valence-corrected chi connectivity index (χ1v) is 2.36. The van der Waals surface area contributed by atoms with Gasteiger partial charge in [-0.3, -0.25) is 0 Å². The molecule has 0 aromatic heterocycles. The minimum Gasteiger partial charge on any atom is -0.433 e. The molecule has 5 heteroatoms. The van der Waals surface area contributed by atoms with Gasteiger partial charge in [-0.05, 0) is 16.5 Å². The lowest BCUT2D eigenvalue weighted by molar-refractivity contribution is -0.657. The van der Waals surface area contributed by atoms with Crippen molar-refractivity contribution in [3.8, 4) is 0 Å². The van der Waals surface area contributed by atoms with E-state index in [1.807, 2.05) is 0 Å². The van der Waals surface area contributed by atoms with Gasteiger partial charge in [0.25, 0.3) is 11.9 Å². The van der Waals surface area contributed by atoms with Crippen LogP contribution in [0.3, 0.4) is 0 Å². The Hall–Kier alpha value is -0.160. The average Bonchev–Trinajstić information content (AvgIpc) is 1.33. The Morgan fingerprint density at radius 3 is 2.50 bits per heavy atom. The van der Waals surface area contributed by atoms with Gasteiger partial charge in [0.1, 0.15) is 0 Å². The van der Waals surface area contributed by atoms with Crippen LogP contribution in [0.1, 0.15) is 0 Å². The molecule has 1 heterocycles.